The van der Waals surface area contributed by atoms with Crippen LogP contribution in [0.4, 0.5) is 0 Å². The topological polar surface area (TPSA) is 17.0 Å². The van der Waals surface area contributed by atoms with Gasteiger partial charge in [-0.1, -0.05) is 27.7 Å². The minimum atomic E-state index is 0.721. The predicted octanol–water partition coefficient (Wildman–Crippen LogP) is 3.28. The van der Waals surface area contributed by atoms with Crippen LogP contribution in [0.2, 0.25) is 0 Å². The Morgan fingerprint density at radius 2 is 1.94 bits per heavy atom. The number of aromatic nitrogens is 1. The summed E-state index contributed by atoms with van der Waals surface area (Å²) in [6.07, 6.45) is 3.45. The van der Waals surface area contributed by atoms with Crippen molar-refractivity contribution in [1.82, 2.24) is 9.88 Å². The van der Waals surface area contributed by atoms with Gasteiger partial charge in [0, 0.05) is 25.0 Å². The third kappa shape index (κ3) is 4.84. The Morgan fingerprint density at radius 1 is 1.19 bits per heavy atom. The minimum Gasteiger partial charge on any atom is -0.350 e. The quantitative estimate of drug-likeness (QED) is 0.749. The van der Waals surface area contributed by atoms with Crippen LogP contribution in [0.3, 0.4) is 0 Å². The lowest BCUT2D eigenvalue weighted by molar-refractivity contribution is 0.492. The lowest BCUT2D eigenvalue weighted by atomic mass is 10.1. The van der Waals surface area contributed by atoms with E-state index < -0.39 is 0 Å². The van der Waals surface area contributed by atoms with Crippen LogP contribution in [-0.2, 0) is 13.1 Å². The van der Waals surface area contributed by atoms with Gasteiger partial charge in [-0.15, -0.1) is 0 Å². The summed E-state index contributed by atoms with van der Waals surface area (Å²) in [4.78, 5) is 0. The Hall–Kier alpha value is -0.760. The summed E-state index contributed by atoms with van der Waals surface area (Å²) in [7, 11) is 0. The van der Waals surface area contributed by atoms with Crippen LogP contribution in [0.25, 0.3) is 0 Å². The van der Waals surface area contributed by atoms with Gasteiger partial charge in [0.15, 0.2) is 0 Å². The van der Waals surface area contributed by atoms with Gasteiger partial charge in [-0.05, 0) is 36.9 Å². The first-order chi connectivity index (χ1) is 7.59. The van der Waals surface area contributed by atoms with Gasteiger partial charge >= 0.3 is 0 Å². The van der Waals surface area contributed by atoms with Crippen molar-refractivity contribution in [2.75, 3.05) is 6.54 Å². The molecule has 1 aromatic heterocycles. The Balaban J connectivity index is 2.38. The van der Waals surface area contributed by atoms with E-state index in [0.717, 1.165) is 31.5 Å². The fourth-order valence-electron chi connectivity index (χ4n) is 1.71. The fourth-order valence-corrected chi connectivity index (χ4v) is 1.71. The van der Waals surface area contributed by atoms with Crippen molar-refractivity contribution in [2.24, 2.45) is 11.8 Å². The smallest absolute Gasteiger partial charge is 0.0359 e. The Morgan fingerprint density at radius 3 is 2.56 bits per heavy atom. The van der Waals surface area contributed by atoms with Crippen LogP contribution < -0.4 is 5.32 Å². The van der Waals surface area contributed by atoms with Crippen LogP contribution in [0.1, 0.15) is 39.8 Å². The zero-order chi connectivity index (χ0) is 12.0. The molecule has 0 atom stereocenters. The van der Waals surface area contributed by atoms with Crippen LogP contribution in [0.15, 0.2) is 18.3 Å². The van der Waals surface area contributed by atoms with E-state index >= 15 is 0 Å². The summed E-state index contributed by atoms with van der Waals surface area (Å²) in [5.74, 6) is 1.50. The third-order valence-corrected chi connectivity index (χ3v) is 2.73. The van der Waals surface area contributed by atoms with Crippen molar-refractivity contribution in [2.45, 2.75) is 47.2 Å². The number of nitrogens with zero attached hydrogens (tertiary/aromatic N) is 1. The molecule has 0 aliphatic rings. The van der Waals surface area contributed by atoms with Crippen molar-refractivity contribution in [1.29, 1.82) is 0 Å². The van der Waals surface area contributed by atoms with Crippen molar-refractivity contribution >= 4 is 0 Å². The molecule has 0 unspecified atom stereocenters. The van der Waals surface area contributed by atoms with E-state index in [4.69, 9.17) is 0 Å². The molecule has 0 radical (unpaired) electrons. The molecule has 0 saturated heterocycles. The second-order valence-corrected chi connectivity index (χ2v) is 5.40. The predicted molar refractivity (Wildman–Crippen MR) is 70.4 cm³/mol. The van der Waals surface area contributed by atoms with Gasteiger partial charge in [-0.25, -0.2) is 0 Å². The van der Waals surface area contributed by atoms with Crippen LogP contribution in [0.5, 0.6) is 0 Å². The molecule has 92 valence electrons. The second-order valence-electron chi connectivity index (χ2n) is 5.40. The van der Waals surface area contributed by atoms with E-state index in [1.807, 2.05) is 0 Å². The van der Waals surface area contributed by atoms with Crippen LogP contribution >= 0.6 is 0 Å². The van der Waals surface area contributed by atoms with Gasteiger partial charge in [0.25, 0.3) is 0 Å². The van der Waals surface area contributed by atoms with Crippen molar-refractivity contribution in [3.63, 3.8) is 0 Å². The molecule has 16 heavy (non-hydrogen) atoms. The fraction of sp³-hybridized carbons (Fsp3) is 0.714. The van der Waals surface area contributed by atoms with Gasteiger partial charge in [0.05, 0.1) is 0 Å². The lowest BCUT2D eigenvalue weighted by Crippen LogP contribution is -2.21. The molecular weight excluding hydrogens is 196 g/mol. The molecule has 0 bridgehead atoms. The van der Waals surface area contributed by atoms with E-state index in [-0.39, 0.29) is 0 Å². The maximum absolute atomic E-state index is 3.49. The molecule has 2 heteroatoms. The van der Waals surface area contributed by atoms with E-state index in [9.17, 15) is 0 Å². The van der Waals surface area contributed by atoms with E-state index in [1.54, 1.807) is 0 Å². The molecule has 0 fully saturated rings. The Kier molecular flexibility index (Phi) is 5.61. The highest BCUT2D eigenvalue weighted by molar-refractivity contribution is 5.06. The number of nitrogens with one attached hydrogen (secondary N) is 1. The molecule has 0 spiro atoms. The van der Waals surface area contributed by atoms with Gasteiger partial charge < -0.3 is 9.88 Å². The summed E-state index contributed by atoms with van der Waals surface area (Å²) < 4.78 is 2.37. The van der Waals surface area contributed by atoms with Crippen LogP contribution in [-0.4, -0.2) is 11.1 Å². The maximum Gasteiger partial charge on any atom is 0.0359 e. The Labute approximate surface area is 100 Å². The molecule has 1 heterocycles. The van der Waals surface area contributed by atoms with Gasteiger partial charge in [0.1, 0.15) is 0 Å². The first-order valence-electron chi connectivity index (χ1n) is 6.44. The van der Waals surface area contributed by atoms with E-state index in [0.29, 0.717) is 0 Å². The molecule has 2 nitrogen and oxygen atoms in total. The minimum absolute atomic E-state index is 0.721. The average molecular weight is 222 g/mol. The van der Waals surface area contributed by atoms with Gasteiger partial charge in [-0.3, -0.25) is 0 Å². The lowest BCUT2D eigenvalue weighted by Gasteiger charge is -2.12. The monoisotopic (exact) mass is 222 g/mol. The molecule has 0 aromatic carbocycles. The molecule has 0 amide bonds. The zero-order valence-corrected chi connectivity index (χ0v) is 11.2. The van der Waals surface area contributed by atoms with Gasteiger partial charge in [0.2, 0.25) is 0 Å². The first-order valence-corrected chi connectivity index (χ1v) is 6.44. The second kappa shape index (κ2) is 6.74. The highest BCUT2D eigenvalue weighted by atomic mass is 15.0. The van der Waals surface area contributed by atoms with Crippen molar-refractivity contribution in [3.05, 3.63) is 24.0 Å². The number of rotatable bonds is 7. The third-order valence-electron chi connectivity index (χ3n) is 2.73. The normalized spacial score (nSPS) is 11.6. The number of hydrogen-bond donors (Lipinski definition) is 1. The standard InChI is InChI=1S/C14H26N2/c1-12(2)7-9-16-8-5-6-14(16)11-15-10-13(3)4/h5-6,8,12-13,15H,7,9-11H2,1-4H3. The molecule has 1 N–H and O–H groups in total. The molecular formula is C14H26N2. The average Bonchev–Trinajstić information content (AvgIpc) is 2.62. The van der Waals surface area contributed by atoms with E-state index in [2.05, 4.69) is 55.9 Å². The SMILES string of the molecule is CC(C)CCn1cccc1CNCC(C)C. The maximum atomic E-state index is 3.49. The first kappa shape index (κ1) is 13.3. The Bertz CT molecular complexity index is 287. The molecule has 1 rings (SSSR count). The summed E-state index contributed by atoms with van der Waals surface area (Å²) in [6, 6.07) is 4.36. The molecule has 0 saturated carbocycles. The van der Waals surface area contributed by atoms with Crippen LogP contribution in [0, 0.1) is 11.8 Å². The van der Waals surface area contributed by atoms with E-state index in [1.165, 1.54) is 12.1 Å². The van der Waals surface area contributed by atoms with Crippen molar-refractivity contribution in [3.8, 4) is 0 Å². The summed E-state index contributed by atoms with van der Waals surface area (Å²) in [5, 5.41) is 3.49. The summed E-state index contributed by atoms with van der Waals surface area (Å²) in [6.45, 7) is 12.3. The van der Waals surface area contributed by atoms with Crippen molar-refractivity contribution < 1.29 is 0 Å². The summed E-state index contributed by atoms with van der Waals surface area (Å²) in [5.41, 5.74) is 1.40. The highest BCUT2D eigenvalue weighted by Gasteiger charge is 2.02. The number of aryl methyl sites for hydroxylation is 1. The molecule has 1 aromatic rings. The van der Waals surface area contributed by atoms with Gasteiger partial charge in [-0.2, -0.15) is 0 Å². The zero-order valence-electron chi connectivity index (χ0n) is 11.2. The summed E-state index contributed by atoms with van der Waals surface area (Å²) >= 11 is 0. The number of hydrogen-bond acceptors (Lipinski definition) is 1. The highest BCUT2D eigenvalue weighted by Crippen LogP contribution is 2.07. The molecule has 0 aliphatic heterocycles. The molecule has 0 aliphatic carbocycles. The largest absolute Gasteiger partial charge is 0.350 e.